The van der Waals surface area contributed by atoms with E-state index in [9.17, 15) is 5.11 Å². The first-order valence-corrected chi connectivity index (χ1v) is 8.08. The van der Waals surface area contributed by atoms with Crippen molar-refractivity contribution in [2.75, 3.05) is 13.2 Å². The van der Waals surface area contributed by atoms with Crippen LogP contribution in [0, 0.1) is 0 Å². The van der Waals surface area contributed by atoms with E-state index >= 15 is 0 Å². The van der Waals surface area contributed by atoms with E-state index in [4.69, 9.17) is 11.6 Å². The Hall–Kier alpha value is -0.290. The molecule has 2 rings (SSSR count). The molecule has 106 valence electrons. The van der Waals surface area contributed by atoms with Gasteiger partial charge in [0.05, 0.1) is 11.6 Å². The predicted molar refractivity (Wildman–Crippen MR) is 80.9 cm³/mol. The SMILES string of the molecule is CCNC1(CO)CCCC(Sc2ncccc2Cl)C1. The van der Waals surface area contributed by atoms with Crippen molar-refractivity contribution in [3.8, 4) is 0 Å². The zero-order chi connectivity index (χ0) is 13.7. The summed E-state index contributed by atoms with van der Waals surface area (Å²) < 4.78 is 0. The summed E-state index contributed by atoms with van der Waals surface area (Å²) in [6.45, 7) is 3.18. The highest BCUT2D eigenvalue weighted by molar-refractivity contribution is 8.00. The Morgan fingerprint density at radius 3 is 3.16 bits per heavy atom. The predicted octanol–water partition coefficient (Wildman–Crippen LogP) is 3.11. The van der Waals surface area contributed by atoms with Gasteiger partial charge in [-0.25, -0.2) is 4.98 Å². The van der Waals surface area contributed by atoms with E-state index in [1.807, 2.05) is 12.1 Å². The fourth-order valence-corrected chi connectivity index (χ4v) is 4.32. The third-order valence-electron chi connectivity index (χ3n) is 3.66. The van der Waals surface area contributed by atoms with Gasteiger partial charge >= 0.3 is 0 Å². The number of nitrogens with zero attached hydrogens (tertiary/aromatic N) is 1. The molecule has 2 N–H and O–H groups in total. The third-order valence-corrected chi connectivity index (χ3v) is 5.36. The van der Waals surface area contributed by atoms with Crippen LogP contribution in [-0.4, -0.2) is 34.0 Å². The second kappa shape index (κ2) is 6.93. The van der Waals surface area contributed by atoms with Gasteiger partial charge in [0.2, 0.25) is 0 Å². The summed E-state index contributed by atoms with van der Waals surface area (Å²) >= 11 is 7.90. The van der Waals surface area contributed by atoms with E-state index in [1.165, 1.54) is 0 Å². The number of hydrogen-bond donors (Lipinski definition) is 2. The number of hydrogen-bond acceptors (Lipinski definition) is 4. The van der Waals surface area contributed by atoms with Crippen molar-refractivity contribution < 1.29 is 5.11 Å². The number of pyridine rings is 1. The molecule has 0 aromatic carbocycles. The molecule has 0 radical (unpaired) electrons. The van der Waals surface area contributed by atoms with Crippen LogP contribution in [0.1, 0.15) is 32.6 Å². The van der Waals surface area contributed by atoms with Gasteiger partial charge in [0.1, 0.15) is 5.03 Å². The Kier molecular flexibility index (Phi) is 5.51. The van der Waals surface area contributed by atoms with Crippen molar-refractivity contribution in [3.63, 3.8) is 0 Å². The van der Waals surface area contributed by atoms with Crippen LogP contribution in [0.3, 0.4) is 0 Å². The van der Waals surface area contributed by atoms with Crippen LogP contribution in [-0.2, 0) is 0 Å². The summed E-state index contributed by atoms with van der Waals surface area (Å²) in [5.74, 6) is 0. The van der Waals surface area contributed by atoms with Gasteiger partial charge in [-0.2, -0.15) is 0 Å². The highest BCUT2D eigenvalue weighted by atomic mass is 35.5. The Labute approximate surface area is 124 Å². The summed E-state index contributed by atoms with van der Waals surface area (Å²) in [6, 6.07) is 3.73. The summed E-state index contributed by atoms with van der Waals surface area (Å²) in [5.41, 5.74) is -0.119. The zero-order valence-corrected chi connectivity index (χ0v) is 12.8. The molecule has 1 aromatic rings. The van der Waals surface area contributed by atoms with E-state index in [0.717, 1.165) is 42.3 Å². The minimum absolute atomic E-state index is 0.119. The Bertz CT molecular complexity index is 414. The molecule has 1 saturated carbocycles. The molecule has 1 aliphatic carbocycles. The minimum atomic E-state index is -0.119. The van der Waals surface area contributed by atoms with Crippen LogP contribution in [0.2, 0.25) is 5.02 Å². The average molecular weight is 301 g/mol. The number of likely N-dealkylation sites (N-methyl/N-ethyl adjacent to an activating group) is 1. The maximum absolute atomic E-state index is 9.70. The molecule has 5 heteroatoms. The average Bonchev–Trinajstić information content (AvgIpc) is 2.42. The molecule has 19 heavy (non-hydrogen) atoms. The molecule has 0 spiro atoms. The number of aliphatic hydroxyl groups excluding tert-OH is 1. The fraction of sp³-hybridized carbons (Fsp3) is 0.643. The second-order valence-corrected chi connectivity index (χ2v) is 6.79. The number of nitrogens with one attached hydrogen (secondary N) is 1. The minimum Gasteiger partial charge on any atom is -0.394 e. The molecule has 0 saturated heterocycles. The molecule has 2 atom stereocenters. The van der Waals surface area contributed by atoms with Crippen molar-refractivity contribution in [1.29, 1.82) is 0 Å². The lowest BCUT2D eigenvalue weighted by atomic mass is 9.82. The smallest absolute Gasteiger partial charge is 0.115 e. The van der Waals surface area contributed by atoms with Gasteiger partial charge in [-0.15, -0.1) is 11.8 Å². The summed E-state index contributed by atoms with van der Waals surface area (Å²) in [5, 5.41) is 15.2. The summed E-state index contributed by atoms with van der Waals surface area (Å²) in [7, 11) is 0. The first-order valence-electron chi connectivity index (χ1n) is 6.82. The molecule has 1 aromatic heterocycles. The summed E-state index contributed by atoms with van der Waals surface area (Å²) in [4.78, 5) is 4.34. The normalized spacial score (nSPS) is 27.4. The number of rotatable bonds is 5. The van der Waals surface area contributed by atoms with Crippen LogP contribution in [0.5, 0.6) is 0 Å². The van der Waals surface area contributed by atoms with E-state index in [0.29, 0.717) is 5.25 Å². The molecule has 1 heterocycles. The van der Waals surface area contributed by atoms with Crippen molar-refractivity contribution in [3.05, 3.63) is 23.4 Å². The van der Waals surface area contributed by atoms with E-state index < -0.39 is 0 Å². The molecule has 0 amide bonds. The van der Waals surface area contributed by atoms with Gasteiger partial charge in [-0.1, -0.05) is 24.9 Å². The molecule has 0 aliphatic heterocycles. The van der Waals surface area contributed by atoms with E-state index in [1.54, 1.807) is 18.0 Å². The van der Waals surface area contributed by atoms with Gasteiger partial charge in [0.25, 0.3) is 0 Å². The molecule has 2 unspecified atom stereocenters. The van der Waals surface area contributed by atoms with Crippen LogP contribution >= 0.6 is 23.4 Å². The Balaban J connectivity index is 2.03. The highest BCUT2D eigenvalue weighted by Gasteiger charge is 2.35. The van der Waals surface area contributed by atoms with Crippen molar-refractivity contribution in [1.82, 2.24) is 10.3 Å². The molecule has 1 aliphatic rings. The highest BCUT2D eigenvalue weighted by Crippen LogP contribution is 2.39. The second-order valence-electron chi connectivity index (χ2n) is 5.10. The standard InChI is InChI=1S/C14H21ClN2OS/c1-2-17-14(10-18)7-3-5-11(9-14)19-13-12(15)6-4-8-16-13/h4,6,8,11,17-18H,2-3,5,7,9-10H2,1H3. The quantitative estimate of drug-likeness (QED) is 0.877. The van der Waals surface area contributed by atoms with Crippen LogP contribution < -0.4 is 5.32 Å². The van der Waals surface area contributed by atoms with Gasteiger partial charge in [-0.3, -0.25) is 0 Å². The number of aromatic nitrogens is 1. The fourth-order valence-electron chi connectivity index (χ4n) is 2.76. The van der Waals surface area contributed by atoms with Gasteiger partial charge in [0, 0.05) is 17.0 Å². The number of aliphatic hydroxyl groups is 1. The van der Waals surface area contributed by atoms with Crippen LogP contribution in [0.4, 0.5) is 0 Å². The zero-order valence-electron chi connectivity index (χ0n) is 11.2. The van der Waals surface area contributed by atoms with Crippen molar-refractivity contribution in [2.45, 2.75) is 48.4 Å². The molecular weight excluding hydrogens is 280 g/mol. The van der Waals surface area contributed by atoms with Gasteiger partial charge in [0.15, 0.2) is 0 Å². The van der Waals surface area contributed by atoms with Crippen molar-refractivity contribution in [2.24, 2.45) is 0 Å². The number of thioether (sulfide) groups is 1. The van der Waals surface area contributed by atoms with Crippen LogP contribution in [0.15, 0.2) is 23.4 Å². The van der Waals surface area contributed by atoms with E-state index in [2.05, 4.69) is 17.2 Å². The first-order chi connectivity index (χ1) is 9.19. The lowest BCUT2D eigenvalue weighted by Gasteiger charge is -2.40. The van der Waals surface area contributed by atoms with Gasteiger partial charge < -0.3 is 10.4 Å². The maximum atomic E-state index is 9.70. The lowest BCUT2D eigenvalue weighted by molar-refractivity contribution is 0.125. The topological polar surface area (TPSA) is 45.1 Å². The van der Waals surface area contributed by atoms with Crippen molar-refractivity contribution >= 4 is 23.4 Å². The Morgan fingerprint density at radius 1 is 1.63 bits per heavy atom. The van der Waals surface area contributed by atoms with E-state index in [-0.39, 0.29) is 12.1 Å². The lowest BCUT2D eigenvalue weighted by Crippen LogP contribution is -2.52. The molecular formula is C14H21ClN2OS. The molecule has 1 fully saturated rings. The van der Waals surface area contributed by atoms with Crippen LogP contribution in [0.25, 0.3) is 0 Å². The first kappa shape index (κ1) is 15.1. The monoisotopic (exact) mass is 300 g/mol. The Morgan fingerprint density at radius 2 is 2.47 bits per heavy atom. The largest absolute Gasteiger partial charge is 0.394 e. The number of halogens is 1. The summed E-state index contributed by atoms with van der Waals surface area (Å²) in [6.07, 6.45) is 6.08. The molecule has 0 bridgehead atoms. The third kappa shape index (κ3) is 3.85. The molecule has 3 nitrogen and oxygen atoms in total. The maximum Gasteiger partial charge on any atom is 0.115 e. The van der Waals surface area contributed by atoms with Gasteiger partial charge in [-0.05, 0) is 37.9 Å².